The fourth-order valence-electron chi connectivity index (χ4n) is 3.01. The normalized spacial score (nSPS) is 11.3. The SMILES string of the molecule is [CH2]C(COC(=O)CCCCOCc1ccccc1)OC(=O)CCCCOCc1ccccc1.[NaH]. The van der Waals surface area contributed by atoms with E-state index in [9.17, 15) is 9.59 Å². The van der Waals surface area contributed by atoms with Gasteiger partial charge in [-0.1, -0.05) is 60.7 Å². The van der Waals surface area contributed by atoms with E-state index in [4.69, 9.17) is 18.9 Å². The first kappa shape index (κ1) is 30.3. The van der Waals surface area contributed by atoms with E-state index in [0.29, 0.717) is 45.7 Å². The Morgan fingerprint density at radius 2 is 1.18 bits per heavy atom. The van der Waals surface area contributed by atoms with Crippen LogP contribution in [-0.4, -0.2) is 67.4 Å². The number of carbonyl (C=O) groups is 2. The van der Waals surface area contributed by atoms with Gasteiger partial charge >= 0.3 is 41.5 Å². The Balaban J connectivity index is 0.00000578. The molecule has 2 aromatic rings. The Hall–Kier alpha value is -1.70. The summed E-state index contributed by atoms with van der Waals surface area (Å²) < 4.78 is 21.5. The molecule has 0 amide bonds. The third-order valence-corrected chi connectivity index (χ3v) is 4.79. The molecule has 0 bridgehead atoms. The first-order valence-corrected chi connectivity index (χ1v) is 11.5. The van der Waals surface area contributed by atoms with Gasteiger partial charge in [0.2, 0.25) is 0 Å². The minimum absolute atomic E-state index is 0. The average molecular weight is 480 g/mol. The molecule has 0 fully saturated rings. The van der Waals surface area contributed by atoms with Crippen LogP contribution in [-0.2, 0) is 41.8 Å². The number of esters is 2. The topological polar surface area (TPSA) is 71.1 Å². The van der Waals surface area contributed by atoms with Crippen molar-refractivity contribution < 1.29 is 28.5 Å². The van der Waals surface area contributed by atoms with Gasteiger partial charge in [-0.25, -0.2) is 0 Å². The summed E-state index contributed by atoms with van der Waals surface area (Å²) in [6.45, 7) is 6.01. The molecule has 2 rings (SSSR count). The van der Waals surface area contributed by atoms with Crippen LogP contribution in [0.1, 0.15) is 49.7 Å². The molecular weight excluding hydrogens is 443 g/mol. The van der Waals surface area contributed by atoms with Gasteiger partial charge < -0.3 is 18.9 Å². The second-order valence-electron chi connectivity index (χ2n) is 7.79. The third kappa shape index (κ3) is 15.3. The Kier molecular flexibility index (Phi) is 17.5. The van der Waals surface area contributed by atoms with Crippen LogP contribution in [0.5, 0.6) is 0 Å². The molecule has 6 nitrogen and oxygen atoms in total. The van der Waals surface area contributed by atoms with E-state index in [1.807, 2.05) is 60.7 Å². The fraction of sp³-hybridized carbons (Fsp3) is 0.444. The predicted molar refractivity (Wildman–Crippen MR) is 133 cm³/mol. The van der Waals surface area contributed by atoms with E-state index < -0.39 is 6.10 Å². The van der Waals surface area contributed by atoms with Gasteiger partial charge in [0.1, 0.15) is 12.7 Å². The molecule has 34 heavy (non-hydrogen) atoms. The standard InChI is InChI=1S/C27H35O6.Na.H/c1-23(33-27(29)17-9-11-19-31-22-25-14-6-3-7-15-25)20-32-26(28)16-8-10-18-30-21-24-12-4-2-5-13-24;;/h2-7,12-15,23H,1,8-11,16-22H2;;. The molecule has 0 heterocycles. The van der Waals surface area contributed by atoms with Crippen molar-refractivity contribution in [3.8, 4) is 0 Å². The van der Waals surface area contributed by atoms with Crippen molar-refractivity contribution in [2.75, 3.05) is 19.8 Å². The van der Waals surface area contributed by atoms with E-state index in [2.05, 4.69) is 6.92 Å². The Bertz CT molecular complexity index is 784. The molecule has 0 aliphatic rings. The zero-order chi connectivity index (χ0) is 23.6. The zero-order valence-electron chi connectivity index (χ0n) is 19.3. The fourth-order valence-corrected chi connectivity index (χ4v) is 3.01. The summed E-state index contributed by atoms with van der Waals surface area (Å²) in [4.78, 5) is 23.7. The number of unbranched alkanes of at least 4 members (excludes halogenated alkanes) is 2. The van der Waals surface area contributed by atoms with Crippen LogP contribution in [0.4, 0.5) is 0 Å². The van der Waals surface area contributed by atoms with E-state index >= 15 is 0 Å². The van der Waals surface area contributed by atoms with E-state index in [0.717, 1.165) is 24.0 Å². The van der Waals surface area contributed by atoms with Crippen LogP contribution in [0, 0.1) is 6.92 Å². The van der Waals surface area contributed by atoms with Gasteiger partial charge in [-0.3, -0.25) is 9.59 Å². The van der Waals surface area contributed by atoms with Crippen LogP contribution >= 0.6 is 0 Å². The molecule has 0 aliphatic heterocycles. The number of benzene rings is 2. The number of ether oxygens (including phenoxy) is 4. The Morgan fingerprint density at radius 3 is 1.68 bits per heavy atom. The molecule has 0 saturated heterocycles. The zero-order valence-corrected chi connectivity index (χ0v) is 19.3. The maximum absolute atomic E-state index is 11.9. The third-order valence-electron chi connectivity index (χ3n) is 4.79. The molecule has 7 heteroatoms. The van der Waals surface area contributed by atoms with Crippen molar-refractivity contribution in [1.82, 2.24) is 0 Å². The Labute approximate surface area is 225 Å². The first-order valence-electron chi connectivity index (χ1n) is 11.5. The molecule has 181 valence electrons. The molecule has 0 N–H and O–H groups in total. The van der Waals surface area contributed by atoms with Crippen LogP contribution in [0.2, 0.25) is 0 Å². The van der Waals surface area contributed by atoms with Crippen LogP contribution in [0.15, 0.2) is 60.7 Å². The molecule has 1 radical (unpaired) electrons. The monoisotopic (exact) mass is 479 g/mol. The number of rotatable bonds is 17. The second kappa shape index (κ2) is 19.6. The van der Waals surface area contributed by atoms with Crippen LogP contribution < -0.4 is 0 Å². The average Bonchev–Trinajstić information content (AvgIpc) is 2.83. The van der Waals surface area contributed by atoms with Crippen molar-refractivity contribution in [3.63, 3.8) is 0 Å². The summed E-state index contributed by atoms with van der Waals surface area (Å²) in [7, 11) is 0. The molecule has 1 atom stereocenters. The van der Waals surface area contributed by atoms with Gasteiger partial charge in [0.15, 0.2) is 0 Å². The van der Waals surface area contributed by atoms with Gasteiger partial charge in [0.25, 0.3) is 0 Å². The number of hydrogen-bond donors (Lipinski definition) is 0. The van der Waals surface area contributed by atoms with E-state index in [-0.39, 0.29) is 54.5 Å². The van der Waals surface area contributed by atoms with Crippen LogP contribution in [0.3, 0.4) is 0 Å². The number of carbonyl (C=O) groups excluding carboxylic acids is 2. The maximum atomic E-state index is 11.9. The molecule has 0 aliphatic carbocycles. The Morgan fingerprint density at radius 1 is 0.706 bits per heavy atom. The van der Waals surface area contributed by atoms with E-state index in [1.54, 1.807) is 0 Å². The summed E-state index contributed by atoms with van der Waals surface area (Å²) in [5.74, 6) is -0.664. The predicted octanol–water partition coefficient (Wildman–Crippen LogP) is 4.40. The van der Waals surface area contributed by atoms with Crippen LogP contribution in [0.25, 0.3) is 0 Å². The molecule has 1 unspecified atom stereocenters. The van der Waals surface area contributed by atoms with Crippen molar-refractivity contribution in [2.24, 2.45) is 0 Å². The van der Waals surface area contributed by atoms with Gasteiger partial charge in [0, 0.05) is 26.1 Å². The van der Waals surface area contributed by atoms with Crippen molar-refractivity contribution in [2.45, 2.75) is 57.8 Å². The van der Waals surface area contributed by atoms with E-state index in [1.165, 1.54) is 0 Å². The van der Waals surface area contributed by atoms with Gasteiger partial charge in [-0.15, -0.1) is 0 Å². The summed E-state index contributed by atoms with van der Waals surface area (Å²) in [6, 6.07) is 19.9. The quantitative estimate of drug-likeness (QED) is 0.190. The summed E-state index contributed by atoms with van der Waals surface area (Å²) >= 11 is 0. The summed E-state index contributed by atoms with van der Waals surface area (Å²) in [5, 5.41) is 0. The molecular formula is C27H36NaO6. The minimum atomic E-state index is -0.704. The molecule has 0 spiro atoms. The first-order chi connectivity index (χ1) is 16.1. The summed E-state index contributed by atoms with van der Waals surface area (Å²) in [6.07, 6.45) is 2.79. The summed E-state index contributed by atoms with van der Waals surface area (Å²) in [5.41, 5.74) is 2.26. The van der Waals surface area contributed by atoms with Crippen molar-refractivity contribution in [1.29, 1.82) is 0 Å². The molecule has 0 saturated carbocycles. The van der Waals surface area contributed by atoms with Crippen molar-refractivity contribution >= 4 is 41.5 Å². The van der Waals surface area contributed by atoms with Crippen molar-refractivity contribution in [3.05, 3.63) is 78.7 Å². The van der Waals surface area contributed by atoms with Gasteiger partial charge in [-0.2, -0.15) is 0 Å². The second-order valence-corrected chi connectivity index (χ2v) is 7.79. The molecule has 0 aromatic heterocycles. The molecule has 2 aromatic carbocycles. The van der Waals surface area contributed by atoms with Gasteiger partial charge in [0.05, 0.1) is 13.2 Å². The number of hydrogen-bond acceptors (Lipinski definition) is 6. The van der Waals surface area contributed by atoms with Gasteiger partial charge in [-0.05, 0) is 43.7 Å².